The Morgan fingerprint density at radius 3 is 2.58 bits per heavy atom. The van der Waals surface area contributed by atoms with Crippen molar-refractivity contribution in [3.05, 3.63) is 94.3 Å². The van der Waals surface area contributed by atoms with Crippen LogP contribution in [-0.4, -0.2) is 29.1 Å². The van der Waals surface area contributed by atoms with Gasteiger partial charge in [-0.15, -0.1) is 0 Å². The lowest BCUT2D eigenvalue weighted by molar-refractivity contribution is 0.272. The van der Waals surface area contributed by atoms with Crippen LogP contribution in [0.2, 0.25) is 0 Å². The zero-order valence-corrected chi connectivity index (χ0v) is 20.2. The summed E-state index contributed by atoms with van der Waals surface area (Å²) in [6.45, 7) is 11.4. The molecule has 4 rings (SSSR count). The van der Waals surface area contributed by atoms with Gasteiger partial charge in [0.05, 0.1) is 5.69 Å². The van der Waals surface area contributed by atoms with Gasteiger partial charge in [-0.2, -0.15) is 0 Å². The Morgan fingerprint density at radius 1 is 1.03 bits per heavy atom. The van der Waals surface area contributed by atoms with Crippen LogP contribution in [0.5, 0.6) is 0 Å². The monoisotopic (exact) mass is 446 g/mol. The van der Waals surface area contributed by atoms with E-state index >= 15 is 0 Å². The molecule has 1 fully saturated rings. The third-order valence-electron chi connectivity index (χ3n) is 7.30. The Bertz CT molecular complexity index is 1080. The van der Waals surface area contributed by atoms with Crippen molar-refractivity contribution in [1.29, 1.82) is 0 Å². The molecule has 1 aliphatic rings. The highest BCUT2D eigenvalue weighted by Gasteiger charge is 2.29. The number of nitrogens with zero attached hydrogens (tertiary/aromatic N) is 2. The molecule has 3 heterocycles. The first kappa shape index (κ1) is 23.5. The van der Waals surface area contributed by atoms with Gasteiger partial charge >= 0.3 is 0 Å². The summed E-state index contributed by atoms with van der Waals surface area (Å²) in [6, 6.07) is 13.4. The first-order chi connectivity index (χ1) is 15.9. The van der Waals surface area contributed by atoms with Crippen LogP contribution in [0.15, 0.2) is 54.9 Å². The summed E-state index contributed by atoms with van der Waals surface area (Å²) in [5.74, 6) is 0.266. The van der Waals surface area contributed by atoms with Crippen molar-refractivity contribution in [2.45, 2.75) is 58.5 Å². The average Bonchev–Trinajstić information content (AvgIpc) is 2.82. The van der Waals surface area contributed by atoms with E-state index < -0.39 is 0 Å². The van der Waals surface area contributed by atoms with Crippen LogP contribution < -0.4 is 10.6 Å². The summed E-state index contributed by atoms with van der Waals surface area (Å²) in [7, 11) is 0. The molecule has 33 heavy (non-hydrogen) atoms. The molecule has 0 amide bonds. The van der Waals surface area contributed by atoms with Crippen LogP contribution in [0.4, 0.5) is 4.39 Å². The number of nitrogens with one attached hydrogen (secondary N) is 2. The van der Waals surface area contributed by atoms with Crippen molar-refractivity contribution >= 4 is 0 Å². The Morgan fingerprint density at radius 2 is 1.79 bits per heavy atom. The fourth-order valence-electron chi connectivity index (χ4n) is 4.95. The first-order valence-electron chi connectivity index (χ1n) is 11.9. The van der Waals surface area contributed by atoms with E-state index in [2.05, 4.69) is 55.4 Å². The van der Waals surface area contributed by atoms with Crippen LogP contribution in [-0.2, 0) is 18.4 Å². The number of hydrogen-bond acceptors (Lipinski definition) is 4. The number of pyridine rings is 2. The zero-order valence-electron chi connectivity index (χ0n) is 20.2. The predicted octanol–water partition coefficient (Wildman–Crippen LogP) is 4.87. The molecule has 0 aliphatic carbocycles. The molecular formula is C28H35FN4. The molecule has 0 bridgehead atoms. The SMILES string of the molecule is Cc1ccnc(CC2CNCCC2NCc2ncccc2C(C)(C)c2ccc(F)cc2)c1C. The molecule has 0 saturated carbocycles. The quantitative estimate of drug-likeness (QED) is 0.544. The lowest BCUT2D eigenvalue weighted by Crippen LogP contribution is -2.48. The van der Waals surface area contributed by atoms with Crippen molar-refractivity contribution in [3.8, 4) is 0 Å². The van der Waals surface area contributed by atoms with Gasteiger partial charge in [0.1, 0.15) is 5.82 Å². The van der Waals surface area contributed by atoms with E-state index in [1.54, 1.807) is 0 Å². The fourth-order valence-corrected chi connectivity index (χ4v) is 4.95. The van der Waals surface area contributed by atoms with E-state index in [-0.39, 0.29) is 11.2 Å². The van der Waals surface area contributed by atoms with E-state index in [9.17, 15) is 4.39 Å². The molecule has 2 atom stereocenters. The Hall–Kier alpha value is -2.63. The molecule has 0 spiro atoms. The molecule has 5 heteroatoms. The number of piperidine rings is 1. The van der Waals surface area contributed by atoms with E-state index in [0.717, 1.165) is 37.2 Å². The van der Waals surface area contributed by atoms with Gasteiger partial charge in [-0.3, -0.25) is 9.97 Å². The molecular weight excluding hydrogens is 411 g/mol. The van der Waals surface area contributed by atoms with Gasteiger partial charge in [0.25, 0.3) is 0 Å². The first-order valence-corrected chi connectivity index (χ1v) is 11.9. The van der Waals surface area contributed by atoms with Crippen LogP contribution in [0, 0.1) is 25.6 Å². The highest BCUT2D eigenvalue weighted by Crippen LogP contribution is 2.33. The number of rotatable bonds is 7. The molecule has 1 aliphatic heterocycles. The number of hydrogen-bond donors (Lipinski definition) is 2. The fraction of sp³-hybridized carbons (Fsp3) is 0.429. The third kappa shape index (κ3) is 5.31. The summed E-state index contributed by atoms with van der Waals surface area (Å²) in [5.41, 5.74) is 6.84. The van der Waals surface area contributed by atoms with Crippen molar-refractivity contribution < 1.29 is 4.39 Å². The highest BCUT2D eigenvalue weighted by molar-refractivity contribution is 5.39. The summed E-state index contributed by atoms with van der Waals surface area (Å²) < 4.78 is 13.5. The zero-order chi connectivity index (χ0) is 23.4. The minimum atomic E-state index is -0.269. The third-order valence-corrected chi connectivity index (χ3v) is 7.30. The van der Waals surface area contributed by atoms with Gasteiger partial charge in [-0.1, -0.05) is 32.0 Å². The molecule has 174 valence electrons. The van der Waals surface area contributed by atoms with Gasteiger partial charge < -0.3 is 10.6 Å². The molecule has 2 N–H and O–H groups in total. The van der Waals surface area contributed by atoms with E-state index in [1.165, 1.54) is 34.5 Å². The summed E-state index contributed by atoms with van der Waals surface area (Å²) in [6.07, 6.45) is 5.84. The summed E-state index contributed by atoms with van der Waals surface area (Å²) in [5, 5.41) is 7.39. The van der Waals surface area contributed by atoms with Crippen LogP contribution >= 0.6 is 0 Å². The Balaban J connectivity index is 1.51. The smallest absolute Gasteiger partial charge is 0.123 e. The molecule has 1 aromatic carbocycles. The van der Waals surface area contributed by atoms with E-state index in [4.69, 9.17) is 4.98 Å². The molecule has 1 saturated heterocycles. The normalized spacial score (nSPS) is 18.9. The van der Waals surface area contributed by atoms with Gasteiger partial charge in [-0.25, -0.2) is 4.39 Å². The van der Waals surface area contributed by atoms with Gasteiger partial charge in [0, 0.05) is 36.1 Å². The van der Waals surface area contributed by atoms with Gasteiger partial charge in [0.2, 0.25) is 0 Å². The number of benzene rings is 1. The van der Waals surface area contributed by atoms with Crippen LogP contribution in [0.1, 0.15) is 53.9 Å². The van der Waals surface area contributed by atoms with Gasteiger partial charge in [0.15, 0.2) is 0 Å². The lowest BCUT2D eigenvalue weighted by atomic mass is 9.77. The molecule has 4 nitrogen and oxygen atoms in total. The van der Waals surface area contributed by atoms with Crippen molar-refractivity contribution in [3.63, 3.8) is 0 Å². The second-order valence-electron chi connectivity index (χ2n) is 9.77. The highest BCUT2D eigenvalue weighted by atomic mass is 19.1. The van der Waals surface area contributed by atoms with Crippen LogP contribution in [0.25, 0.3) is 0 Å². The number of aromatic nitrogens is 2. The summed E-state index contributed by atoms with van der Waals surface area (Å²) >= 11 is 0. The van der Waals surface area contributed by atoms with Crippen molar-refractivity contribution in [1.82, 2.24) is 20.6 Å². The molecule has 0 radical (unpaired) electrons. The maximum absolute atomic E-state index is 13.5. The maximum Gasteiger partial charge on any atom is 0.123 e. The van der Waals surface area contributed by atoms with Crippen molar-refractivity contribution in [2.24, 2.45) is 5.92 Å². The predicted molar refractivity (Wildman–Crippen MR) is 132 cm³/mol. The molecule has 3 aromatic rings. The number of halogens is 1. The lowest BCUT2D eigenvalue weighted by Gasteiger charge is -2.34. The Labute approximate surface area is 197 Å². The maximum atomic E-state index is 13.5. The average molecular weight is 447 g/mol. The minimum Gasteiger partial charge on any atom is -0.316 e. The minimum absolute atomic E-state index is 0.210. The Kier molecular flexibility index (Phi) is 7.20. The largest absolute Gasteiger partial charge is 0.316 e. The van der Waals surface area contributed by atoms with E-state index in [0.29, 0.717) is 18.5 Å². The topological polar surface area (TPSA) is 49.8 Å². The second kappa shape index (κ2) is 10.1. The second-order valence-corrected chi connectivity index (χ2v) is 9.77. The molecule has 2 aromatic heterocycles. The van der Waals surface area contributed by atoms with Crippen LogP contribution in [0.3, 0.4) is 0 Å². The van der Waals surface area contributed by atoms with Gasteiger partial charge in [-0.05, 0) is 92.2 Å². The molecule has 2 unspecified atom stereocenters. The standard InChI is InChI=1S/C28H35FN4/c1-19-11-15-32-26(20(19)2)16-21-17-30-14-12-25(21)33-18-27-24(6-5-13-31-27)28(3,4)22-7-9-23(29)10-8-22/h5-11,13,15,21,25,30,33H,12,14,16-18H2,1-4H3. The summed E-state index contributed by atoms with van der Waals surface area (Å²) in [4.78, 5) is 9.42. The van der Waals surface area contributed by atoms with E-state index in [1.807, 2.05) is 30.6 Å². The van der Waals surface area contributed by atoms with Crippen molar-refractivity contribution in [2.75, 3.05) is 13.1 Å². The number of aryl methyl sites for hydroxylation is 1.